The number of rotatable bonds is 44. The Morgan fingerprint density at radius 1 is 0.565 bits per heavy atom. The van der Waals surface area contributed by atoms with Crippen LogP contribution in [-0.2, 0) is 18.4 Å². The fraction of sp³-hybridized carbons (Fsp3) is 0.717. The van der Waals surface area contributed by atoms with Gasteiger partial charge in [-0.05, 0) is 83.5 Å². The van der Waals surface area contributed by atoms with E-state index in [0.717, 1.165) is 77.0 Å². The van der Waals surface area contributed by atoms with Crippen LogP contribution in [0.3, 0.4) is 0 Å². The van der Waals surface area contributed by atoms with Gasteiger partial charge in [-0.2, -0.15) is 0 Å². The van der Waals surface area contributed by atoms with Gasteiger partial charge in [-0.1, -0.05) is 189 Å². The summed E-state index contributed by atoms with van der Waals surface area (Å²) in [4.78, 5) is 23.2. The minimum Gasteiger partial charge on any atom is -0.387 e. The van der Waals surface area contributed by atoms with Gasteiger partial charge in [0, 0.05) is 6.42 Å². The number of quaternary nitrogens is 1. The molecule has 62 heavy (non-hydrogen) atoms. The number of allylic oxidation sites excluding steroid dienone is 13. The van der Waals surface area contributed by atoms with Gasteiger partial charge in [0.1, 0.15) is 13.2 Å². The minimum atomic E-state index is -4.35. The Hall–Kier alpha value is -2.32. The van der Waals surface area contributed by atoms with Crippen LogP contribution in [-0.4, -0.2) is 73.4 Å². The fourth-order valence-electron chi connectivity index (χ4n) is 6.65. The first-order valence-corrected chi connectivity index (χ1v) is 26.5. The van der Waals surface area contributed by atoms with Gasteiger partial charge in [0.2, 0.25) is 5.91 Å². The summed E-state index contributed by atoms with van der Waals surface area (Å²) in [5.41, 5.74) is 0. The quantitative estimate of drug-likeness (QED) is 0.0244. The number of phosphoric ester groups is 1. The Labute approximate surface area is 382 Å². The van der Waals surface area contributed by atoms with E-state index in [1.54, 1.807) is 6.08 Å². The Bertz CT molecular complexity index is 1280. The van der Waals surface area contributed by atoms with E-state index in [-0.39, 0.29) is 19.1 Å². The van der Waals surface area contributed by atoms with E-state index >= 15 is 0 Å². The molecule has 358 valence electrons. The maximum atomic E-state index is 12.9. The van der Waals surface area contributed by atoms with Crippen molar-refractivity contribution in [1.29, 1.82) is 0 Å². The van der Waals surface area contributed by atoms with Gasteiger partial charge in [0.05, 0.1) is 39.9 Å². The summed E-state index contributed by atoms with van der Waals surface area (Å²) in [5, 5.41) is 13.8. The zero-order chi connectivity index (χ0) is 45.7. The first-order chi connectivity index (χ1) is 30.0. The molecule has 0 heterocycles. The Balaban J connectivity index is 4.24. The lowest BCUT2D eigenvalue weighted by Crippen LogP contribution is -2.45. The molecule has 8 nitrogen and oxygen atoms in total. The molecule has 0 fully saturated rings. The summed E-state index contributed by atoms with van der Waals surface area (Å²) in [6.45, 7) is 4.63. The molecular formula is C53H96N2O6P+. The van der Waals surface area contributed by atoms with Gasteiger partial charge in [-0.15, -0.1) is 0 Å². The first kappa shape index (κ1) is 59.7. The summed E-state index contributed by atoms with van der Waals surface area (Å²) in [6.07, 6.45) is 61.0. The third kappa shape index (κ3) is 45.7. The highest BCUT2D eigenvalue weighted by atomic mass is 31.2. The zero-order valence-electron chi connectivity index (χ0n) is 40.6. The second kappa shape index (κ2) is 43.9. The van der Waals surface area contributed by atoms with Gasteiger partial charge in [0.25, 0.3) is 0 Å². The van der Waals surface area contributed by atoms with Crippen LogP contribution in [0.4, 0.5) is 0 Å². The fourth-order valence-corrected chi connectivity index (χ4v) is 7.39. The lowest BCUT2D eigenvalue weighted by molar-refractivity contribution is -0.870. The van der Waals surface area contributed by atoms with Crippen LogP contribution in [0.15, 0.2) is 85.1 Å². The lowest BCUT2D eigenvalue weighted by Gasteiger charge is -2.25. The van der Waals surface area contributed by atoms with Crippen molar-refractivity contribution < 1.29 is 32.9 Å². The number of nitrogens with zero attached hydrogens (tertiary/aromatic N) is 1. The number of hydrogen-bond donors (Lipinski definition) is 3. The third-order valence-corrected chi connectivity index (χ3v) is 11.6. The first-order valence-electron chi connectivity index (χ1n) is 25.0. The molecule has 3 N–H and O–H groups in total. The van der Waals surface area contributed by atoms with E-state index in [0.29, 0.717) is 17.4 Å². The monoisotopic (exact) mass is 888 g/mol. The number of nitrogens with one attached hydrogen (secondary N) is 1. The van der Waals surface area contributed by atoms with Crippen molar-refractivity contribution in [1.82, 2.24) is 5.32 Å². The van der Waals surface area contributed by atoms with Crippen molar-refractivity contribution >= 4 is 13.7 Å². The van der Waals surface area contributed by atoms with E-state index < -0.39 is 20.0 Å². The second-order valence-corrected chi connectivity index (χ2v) is 19.2. The second-order valence-electron chi connectivity index (χ2n) is 17.8. The average Bonchev–Trinajstić information content (AvgIpc) is 3.23. The van der Waals surface area contributed by atoms with Gasteiger partial charge in [-0.25, -0.2) is 4.57 Å². The van der Waals surface area contributed by atoms with Crippen LogP contribution in [0.2, 0.25) is 0 Å². The summed E-state index contributed by atoms with van der Waals surface area (Å²) in [6, 6.07) is -0.873. The van der Waals surface area contributed by atoms with Crippen molar-refractivity contribution in [2.45, 2.75) is 206 Å². The highest BCUT2D eigenvalue weighted by Gasteiger charge is 2.27. The number of amides is 1. The predicted molar refractivity (Wildman–Crippen MR) is 267 cm³/mol. The lowest BCUT2D eigenvalue weighted by atomic mass is 10.0. The van der Waals surface area contributed by atoms with E-state index in [1.165, 1.54) is 96.3 Å². The Morgan fingerprint density at radius 2 is 0.984 bits per heavy atom. The molecule has 0 aliphatic carbocycles. The molecule has 0 aromatic rings. The maximum absolute atomic E-state index is 12.9. The average molecular weight is 888 g/mol. The van der Waals surface area contributed by atoms with E-state index in [4.69, 9.17) is 9.05 Å². The van der Waals surface area contributed by atoms with Crippen molar-refractivity contribution in [3.05, 3.63) is 85.1 Å². The van der Waals surface area contributed by atoms with Crippen LogP contribution >= 0.6 is 7.82 Å². The normalized spacial score (nSPS) is 14.9. The van der Waals surface area contributed by atoms with Crippen LogP contribution in [0, 0.1) is 0 Å². The van der Waals surface area contributed by atoms with E-state index in [1.807, 2.05) is 27.2 Å². The van der Waals surface area contributed by atoms with E-state index in [9.17, 15) is 19.4 Å². The Morgan fingerprint density at radius 3 is 1.48 bits per heavy atom. The number of carbonyl (C=O) groups is 1. The summed E-state index contributed by atoms with van der Waals surface area (Å²) >= 11 is 0. The van der Waals surface area contributed by atoms with E-state index in [2.05, 4.69) is 92.1 Å². The van der Waals surface area contributed by atoms with Crippen molar-refractivity contribution in [2.24, 2.45) is 0 Å². The third-order valence-electron chi connectivity index (χ3n) is 10.6. The molecule has 0 spiro atoms. The number of aliphatic hydroxyl groups is 1. The molecular weight excluding hydrogens is 792 g/mol. The smallest absolute Gasteiger partial charge is 0.387 e. The largest absolute Gasteiger partial charge is 0.472 e. The molecule has 9 heteroatoms. The number of hydrogen-bond acceptors (Lipinski definition) is 5. The number of aliphatic hydroxyl groups excluding tert-OH is 1. The van der Waals surface area contributed by atoms with Crippen molar-refractivity contribution in [3.8, 4) is 0 Å². The highest BCUT2D eigenvalue weighted by Crippen LogP contribution is 2.43. The molecule has 0 aliphatic rings. The van der Waals surface area contributed by atoms with Gasteiger partial charge >= 0.3 is 7.82 Å². The molecule has 3 atom stereocenters. The molecule has 0 saturated carbocycles. The molecule has 0 aromatic heterocycles. The number of likely N-dealkylation sites (N-methyl/N-ethyl adjacent to an activating group) is 1. The number of phosphoric acid groups is 1. The molecule has 1 amide bonds. The molecule has 0 rings (SSSR count). The number of carbonyl (C=O) groups excluding carboxylic acids is 1. The van der Waals surface area contributed by atoms with Crippen LogP contribution in [0.25, 0.3) is 0 Å². The highest BCUT2D eigenvalue weighted by molar-refractivity contribution is 7.47. The molecule has 0 radical (unpaired) electrons. The van der Waals surface area contributed by atoms with Crippen LogP contribution in [0.1, 0.15) is 194 Å². The predicted octanol–water partition coefficient (Wildman–Crippen LogP) is 14.5. The van der Waals surface area contributed by atoms with Crippen molar-refractivity contribution in [2.75, 3.05) is 40.9 Å². The molecule has 0 aliphatic heterocycles. The molecule has 0 aromatic carbocycles. The Kier molecular flexibility index (Phi) is 42.3. The van der Waals surface area contributed by atoms with Gasteiger partial charge in [-0.3, -0.25) is 13.8 Å². The standard InChI is InChI=1S/C53H95N2O6P/c1-6-8-10-12-14-16-18-20-21-22-23-24-25-26-27-28-29-30-31-32-33-35-37-39-41-43-45-47-53(57)54-51(50-61-62(58,59)60-49-48-55(3,4)5)52(56)46-44-42-40-38-36-34-19-17-15-13-11-9-7-2/h8,10,14-17,20-21,23-24,36,38,44,46,51-52,56H,6-7,9,11-13,18-19,22,25-35,37,39-43,45,47-50H2,1-5H3,(H-,54,57,58,59)/p+1/b10-8-,16-14-,17-15+,21-20-,24-23-,38-36+,46-44+. The summed E-state index contributed by atoms with van der Waals surface area (Å²) in [7, 11) is 1.53. The molecule has 0 saturated heterocycles. The van der Waals surface area contributed by atoms with Crippen LogP contribution in [0.5, 0.6) is 0 Å². The maximum Gasteiger partial charge on any atom is 0.472 e. The minimum absolute atomic E-state index is 0.0501. The molecule has 3 unspecified atom stereocenters. The van der Waals surface area contributed by atoms with Crippen LogP contribution < -0.4 is 5.32 Å². The summed E-state index contributed by atoms with van der Waals surface area (Å²) < 4.78 is 23.6. The van der Waals surface area contributed by atoms with Gasteiger partial charge in [0.15, 0.2) is 0 Å². The zero-order valence-corrected chi connectivity index (χ0v) is 41.5. The topological polar surface area (TPSA) is 105 Å². The van der Waals surface area contributed by atoms with Crippen molar-refractivity contribution in [3.63, 3.8) is 0 Å². The SMILES string of the molecule is CC/C=C\C/C=C\C/C=C\C/C=C\CCCCCCCCCCCCCCCCC(=O)NC(COP(=O)(O)OCC[N+](C)(C)C)C(O)/C=C/CC/C=C/CC/C=C/CCCCC. The summed E-state index contributed by atoms with van der Waals surface area (Å²) in [5.74, 6) is -0.196. The van der Waals surface area contributed by atoms with Gasteiger partial charge < -0.3 is 19.8 Å². The number of unbranched alkanes of at least 4 members (excludes halogenated alkanes) is 19. The molecule has 0 bridgehead atoms.